The summed E-state index contributed by atoms with van der Waals surface area (Å²) in [4.78, 5) is 12.2. The van der Waals surface area contributed by atoms with E-state index >= 15 is 0 Å². The fourth-order valence-corrected chi connectivity index (χ4v) is 2.31. The first kappa shape index (κ1) is 14.9. The highest BCUT2D eigenvalue weighted by Gasteiger charge is 2.14. The van der Waals surface area contributed by atoms with Gasteiger partial charge in [-0.1, -0.05) is 42.3 Å². The second-order valence-electron chi connectivity index (χ2n) is 4.82. The first-order chi connectivity index (χ1) is 9.47. The number of rotatable bonds is 4. The summed E-state index contributed by atoms with van der Waals surface area (Å²) >= 11 is 11.8. The molecule has 2 nitrogen and oxygen atoms in total. The first-order valence-electron chi connectivity index (χ1n) is 6.31. The van der Waals surface area contributed by atoms with Crippen LogP contribution in [-0.4, -0.2) is 5.78 Å². The molecule has 0 saturated carbocycles. The molecule has 2 aromatic rings. The number of benzene rings is 2. The lowest BCUT2D eigenvalue weighted by Gasteiger charge is -2.11. The van der Waals surface area contributed by atoms with Gasteiger partial charge < -0.3 is 5.73 Å². The Labute approximate surface area is 128 Å². The number of nitrogens with two attached hydrogens (primary N) is 1. The van der Waals surface area contributed by atoms with Gasteiger partial charge in [-0.2, -0.15) is 0 Å². The highest BCUT2D eigenvalue weighted by Crippen LogP contribution is 2.26. The molecule has 2 aromatic carbocycles. The number of carbonyl (C=O) groups excluding carboxylic acids is 1. The summed E-state index contributed by atoms with van der Waals surface area (Å²) in [7, 11) is 0. The minimum Gasteiger partial charge on any atom is -0.399 e. The summed E-state index contributed by atoms with van der Waals surface area (Å²) < 4.78 is 0. The summed E-state index contributed by atoms with van der Waals surface area (Å²) in [6.07, 6.45) is 0.419. The van der Waals surface area contributed by atoms with Crippen LogP contribution in [0, 0.1) is 0 Å². The van der Waals surface area contributed by atoms with Crippen LogP contribution in [0.25, 0.3) is 0 Å². The van der Waals surface area contributed by atoms with E-state index in [2.05, 4.69) is 0 Å². The zero-order chi connectivity index (χ0) is 14.7. The quantitative estimate of drug-likeness (QED) is 0.641. The van der Waals surface area contributed by atoms with Crippen molar-refractivity contribution >= 4 is 34.7 Å². The minimum atomic E-state index is 0.0490. The van der Waals surface area contributed by atoms with Gasteiger partial charge in [0, 0.05) is 17.7 Å². The van der Waals surface area contributed by atoms with Gasteiger partial charge in [0.25, 0.3) is 0 Å². The number of hydrogen-bond acceptors (Lipinski definition) is 2. The number of ketones is 1. The van der Waals surface area contributed by atoms with Gasteiger partial charge in [-0.3, -0.25) is 4.79 Å². The molecule has 1 unspecified atom stereocenters. The van der Waals surface area contributed by atoms with Crippen molar-refractivity contribution in [2.75, 3.05) is 5.73 Å². The topological polar surface area (TPSA) is 43.1 Å². The predicted molar refractivity (Wildman–Crippen MR) is 84.7 cm³/mol. The lowest BCUT2D eigenvalue weighted by molar-refractivity contribution is 0.0975. The Hall–Kier alpha value is -1.51. The fraction of sp³-hybridized carbons (Fsp3) is 0.188. The van der Waals surface area contributed by atoms with E-state index in [0.29, 0.717) is 22.0 Å². The van der Waals surface area contributed by atoms with E-state index < -0.39 is 0 Å². The molecular formula is C16H15Cl2NO. The van der Waals surface area contributed by atoms with Crippen molar-refractivity contribution in [1.29, 1.82) is 0 Å². The molecule has 104 valence electrons. The second kappa shape index (κ2) is 6.29. The molecule has 4 heteroatoms. The maximum Gasteiger partial charge on any atom is 0.163 e. The maximum atomic E-state index is 12.2. The second-order valence-corrected chi connectivity index (χ2v) is 5.64. The first-order valence-corrected chi connectivity index (χ1v) is 7.06. The summed E-state index contributed by atoms with van der Waals surface area (Å²) in [5, 5.41) is 0.854. The molecule has 2 N–H and O–H groups in total. The molecule has 0 aliphatic rings. The molecule has 0 aromatic heterocycles. The third kappa shape index (κ3) is 3.53. The van der Waals surface area contributed by atoms with E-state index in [-0.39, 0.29) is 11.7 Å². The molecular weight excluding hydrogens is 293 g/mol. The Morgan fingerprint density at radius 3 is 2.35 bits per heavy atom. The zero-order valence-electron chi connectivity index (χ0n) is 11.1. The average molecular weight is 308 g/mol. The van der Waals surface area contributed by atoms with Gasteiger partial charge in [-0.25, -0.2) is 0 Å². The van der Waals surface area contributed by atoms with Gasteiger partial charge in [-0.15, -0.1) is 0 Å². The van der Waals surface area contributed by atoms with Crippen LogP contribution in [0.2, 0.25) is 10.0 Å². The highest BCUT2D eigenvalue weighted by molar-refractivity contribution is 6.42. The standard InChI is InChI=1S/C16H15Cl2NO/c1-10(11-2-5-13(19)6-3-11)8-16(20)12-4-7-14(17)15(18)9-12/h2-7,9-10H,8,19H2,1H3. The van der Waals surface area contributed by atoms with E-state index in [1.165, 1.54) is 0 Å². The summed E-state index contributed by atoms with van der Waals surface area (Å²) in [5.41, 5.74) is 8.05. The van der Waals surface area contributed by atoms with Crippen LogP contribution in [0.15, 0.2) is 42.5 Å². The van der Waals surface area contributed by atoms with Crippen molar-refractivity contribution < 1.29 is 4.79 Å². The van der Waals surface area contributed by atoms with Crippen molar-refractivity contribution in [2.24, 2.45) is 0 Å². The molecule has 0 bridgehead atoms. The molecule has 0 amide bonds. The maximum absolute atomic E-state index is 12.2. The third-order valence-electron chi connectivity index (χ3n) is 3.24. The summed E-state index contributed by atoms with van der Waals surface area (Å²) in [6.45, 7) is 2.01. The van der Waals surface area contributed by atoms with Gasteiger partial charge in [-0.05, 0) is 41.8 Å². The SMILES string of the molecule is CC(CC(=O)c1ccc(Cl)c(Cl)c1)c1ccc(N)cc1. The number of nitrogen functional groups attached to an aromatic ring is 1. The molecule has 0 spiro atoms. The van der Waals surface area contributed by atoms with E-state index in [1.54, 1.807) is 18.2 Å². The van der Waals surface area contributed by atoms with Crippen LogP contribution in [0.4, 0.5) is 5.69 Å². The van der Waals surface area contributed by atoms with E-state index in [4.69, 9.17) is 28.9 Å². The Kier molecular flexibility index (Phi) is 4.69. The normalized spacial score (nSPS) is 12.2. The van der Waals surface area contributed by atoms with Gasteiger partial charge in [0.1, 0.15) is 0 Å². The molecule has 0 fully saturated rings. The molecule has 0 radical (unpaired) electrons. The zero-order valence-corrected chi connectivity index (χ0v) is 12.6. The number of hydrogen-bond donors (Lipinski definition) is 1. The van der Waals surface area contributed by atoms with Crippen LogP contribution in [-0.2, 0) is 0 Å². The predicted octanol–water partition coefficient (Wildman–Crippen LogP) is 4.95. The van der Waals surface area contributed by atoms with Crippen molar-refractivity contribution in [3.63, 3.8) is 0 Å². The Morgan fingerprint density at radius 1 is 1.10 bits per heavy atom. The number of halogens is 2. The number of Topliss-reactive ketones (excluding diaryl/α,β-unsaturated/α-hetero) is 1. The monoisotopic (exact) mass is 307 g/mol. The Balaban J connectivity index is 2.10. The molecule has 0 aliphatic carbocycles. The van der Waals surface area contributed by atoms with E-state index in [9.17, 15) is 4.79 Å². The molecule has 0 saturated heterocycles. The van der Waals surface area contributed by atoms with Gasteiger partial charge in [0.15, 0.2) is 5.78 Å². The van der Waals surface area contributed by atoms with Crippen molar-refractivity contribution in [1.82, 2.24) is 0 Å². The van der Waals surface area contributed by atoms with Gasteiger partial charge in [0.05, 0.1) is 10.0 Å². The van der Waals surface area contributed by atoms with Crippen LogP contribution in [0.1, 0.15) is 35.2 Å². The highest BCUT2D eigenvalue weighted by atomic mass is 35.5. The minimum absolute atomic E-state index is 0.0490. The van der Waals surface area contributed by atoms with Crippen molar-refractivity contribution in [3.8, 4) is 0 Å². The van der Waals surface area contributed by atoms with Crippen LogP contribution in [0.5, 0.6) is 0 Å². The van der Waals surface area contributed by atoms with Crippen molar-refractivity contribution in [2.45, 2.75) is 19.3 Å². The Morgan fingerprint density at radius 2 is 1.75 bits per heavy atom. The Bertz CT molecular complexity index is 623. The smallest absolute Gasteiger partial charge is 0.163 e. The summed E-state index contributed by atoms with van der Waals surface area (Å²) in [6, 6.07) is 12.5. The molecule has 2 rings (SSSR count). The van der Waals surface area contributed by atoms with Crippen LogP contribution < -0.4 is 5.73 Å². The van der Waals surface area contributed by atoms with Crippen LogP contribution in [0.3, 0.4) is 0 Å². The molecule has 1 atom stereocenters. The molecule has 0 heterocycles. The molecule has 0 aliphatic heterocycles. The lowest BCUT2D eigenvalue weighted by atomic mass is 9.93. The lowest BCUT2D eigenvalue weighted by Crippen LogP contribution is -2.05. The van der Waals surface area contributed by atoms with Gasteiger partial charge in [0.2, 0.25) is 0 Å². The number of anilines is 1. The summed E-state index contributed by atoms with van der Waals surface area (Å²) in [5.74, 6) is 0.172. The van der Waals surface area contributed by atoms with Gasteiger partial charge >= 0.3 is 0 Å². The largest absolute Gasteiger partial charge is 0.399 e. The van der Waals surface area contributed by atoms with E-state index in [0.717, 1.165) is 11.3 Å². The van der Waals surface area contributed by atoms with Crippen molar-refractivity contribution in [3.05, 3.63) is 63.6 Å². The molecule has 20 heavy (non-hydrogen) atoms. The fourth-order valence-electron chi connectivity index (χ4n) is 2.01. The number of carbonyl (C=O) groups is 1. The van der Waals surface area contributed by atoms with E-state index in [1.807, 2.05) is 31.2 Å². The van der Waals surface area contributed by atoms with Crippen LogP contribution >= 0.6 is 23.2 Å². The average Bonchev–Trinajstić information content (AvgIpc) is 2.42. The third-order valence-corrected chi connectivity index (χ3v) is 3.98.